The quantitative estimate of drug-likeness (QED) is 0.754. The topological polar surface area (TPSA) is 66.0 Å². The zero-order chi connectivity index (χ0) is 14.3. The van der Waals surface area contributed by atoms with Crippen LogP contribution in [-0.4, -0.2) is 21.0 Å². The van der Waals surface area contributed by atoms with Crippen LogP contribution in [0.2, 0.25) is 0 Å². The molecular weight excluding hydrogens is 266 g/mol. The number of rotatable bonds is 2. The van der Waals surface area contributed by atoms with Gasteiger partial charge in [0.1, 0.15) is 17.2 Å². The molecule has 3 aromatic rings. The zero-order valence-corrected chi connectivity index (χ0v) is 10.0. The van der Waals surface area contributed by atoms with Crippen LogP contribution in [0.25, 0.3) is 22.2 Å². The molecule has 0 saturated heterocycles. The second-order valence-corrected chi connectivity index (χ2v) is 4.20. The van der Waals surface area contributed by atoms with Gasteiger partial charge in [-0.1, -0.05) is 6.07 Å². The number of H-pyrrole nitrogens is 1. The van der Waals surface area contributed by atoms with Gasteiger partial charge in [0.2, 0.25) is 0 Å². The number of carboxylic acid groups (broad SMARTS) is 1. The Morgan fingerprint density at radius 1 is 1.15 bits per heavy atom. The number of aromatic nitrogens is 2. The second-order valence-electron chi connectivity index (χ2n) is 4.20. The number of aromatic carboxylic acids is 1. The minimum Gasteiger partial charge on any atom is -0.477 e. The number of hydrogen-bond donors (Lipinski definition) is 2. The van der Waals surface area contributed by atoms with E-state index >= 15 is 0 Å². The number of benzene rings is 1. The minimum atomic E-state index is -1.30. The average molecular weight is 274 g/mol. The van der Waals surface area contributed by atoms with Crippen molar-refractivity contribution in [2.24, 2.45) is 0 Å². The number of pyridine rings is 1. The molecular formula is C14H8F2N2O2. The lowest BCUT2D eigenvalue weighted by atomic mass is 10.1. The van der Waals surface area contributed by atoms with Crippen molar-refractivity contribution in [3.8, 4) is 11.3 Å². The first kappa shape index (κ1) is 12.3. The van der Waals surface area contributed by atoms with E-state index in [2.05, 4.69) is 9.97 Å². The van der Waals surface area contributed by atoms with Crippen molar-refractivity contribution in [3.63, 3.8) is 0 Å². The Balaban J connectivity index is 2.27. The summed E-state index contributed by atoms with van der Waals surface area (Å²) in [6.07, 6.45) is 1.56. The fourth-order valence-electron chi connectivity index (χ4n) is 2.02. The first-order chi connectivity index (χ1) is 9.58. The summed E-state index contributed by atoms with van der Waals surface area (Å²) in [5.41, 5.74) is -0.517. The lowest BCUT2D eigenvalue weighted by Crippen LogP contribution is -2.03. The Morgan fingerprint density at radius 2 is 1.95 bits per heavy atom. The Bertz CT molecular complexity index is 827. The maximum atomic E-state index is 14.3. The van der Waals surface area contributed by atoms with Crippen molar-refractivity contribution < 1.29 is 18.7 Å². The van der Waals surface area contributed by atoms with E-state index in [1.807, 2.05) is 0 Å². The number of nitrogens with zero attached hydrogens (tertiary/aromatic N) is 1. The van der Waals surface area contributed by atoms with Crippen molar-refractivity contribution in [2.75, 3.05) is 0 Å². The molecule has 0 aliphatic carbocycles. The molecule has 2 heterocycles. The number of hydrogen-bond acceptors (Lipinski definition) is 2. The SMILES string of the molecule is O=C(O)c1ccc(F)c(-c2ccc3cc[nH]c3c2F)n1. The first-order valence-electron chi connectivity index (χ1n) is 5.73. The third kappa shape index (κ3) is 1.82. The molecule has 0 aliphatic heterocycles. The van der Waals surface area contributed by atoms with E-state index in [-0.39, 0.29) is 22.5 Å². The molecule has 3 rings (SSSR count). The highest BCUT2D eigenvalue weighted by Gasteiger charge is 2.17. The van der Waals surface area contributed by atoms with Crippen LogP contribution in [0.5, 0.6) is 0 Å². The van der Waals surface area contributed by atoms with E-state index in [0.717, 1.165) is 12.1 Å². The highest BCUT2D eigenvalue weighted by molar-refractivity contribution is 5.88. The number of aromatic amines is 1. The predicted molar refractivity (Wildman–Crippen MR) is 68.4 cm³/mol. The summed E-state index contributed by atoms with van der Waals surface area (Å²) in [5.74, 6) is -2.74. The van der Waals surface area contributed by atoms with Gasteiger partial charge in [-0.05, 0) is 24.3 Å². The minimum absolute atomic E-state index is 0.0828. The number of carbonyl (C=O) groups is 1. The van der Waals surface area contributed by atoms with E-state index in [9.17, 15) is 13.6 Å². The van der Waals surface area contributed by atoms with Crippen molar-refractivity contribution in [3.05, 3.63) is 53.9 Å². The molecule has 0 radical (unpaired) electrons. The second kappa shape index (κ2) is 4.41. The maximum Gasteiger partial charge on any atom is 0.354 e. The van der Waals surface area contributed by atoms with Crippen LogP contribution in [0.1, 0.15) is 10.5 Å². The average Bonchev–Trinajstić information content (AvgIpc) is 2.89. The van der Waals surface area contributed by atoms with E-state index in [0.29, 0.717) is 5.39 Å². The van der Waals surface area contributed by atoms with Crippen LogP contribution in [0, 0.1) is 11.6 Å². The van der Waals surface area contributed by atoms with Crippen molar-refractivity contribution in [2.45, 2.75) is 0 Å². The molecule has 100 valence electrons. The lowest BCUT2D eigenvalue weighted by Gasteiger charge is -2.06. The van der Waals surface area contributed by atoms with Gasteiger partial charge < -0.3 is 10.1 Å². The molecule has 20 heavy (non-hydrogen) atoms. The Labute approximate surface area is 111 Å². The third-order valence-electron chi connectivity index (χ3n) is 2.99. The van der Waals surface area contributed by atoms with E-state index < -0.39 is 17.6 Å². The summed E-state index contributed by atoms with van der Waals surface area (Å²) >= 11 is 0. The number of halogens is 2. The summed E-state index contributed by atoms with van der Waals surface area (Å²) in [6, 6.07) is 6.66. The van der Waals surface area contributed by atoms with Gasteiger partial charge in [0, 0.05) is 17.1 Å². The molecule has 2 aromatic heterocycles. The molecule has 4 nitrogen and oxygen atoms in total. The van der Waals surface area contributed by atoms with Gasteiger partial charge in [0.05, 0.1) is 5.52 Å². The van der Waals surface area contributed by atoms with Crippen molar-refractivity contribution in [1.82, 2.24) is 9.97 Å². The molecule has 2 N–H and O–H groups in total. The molecule has 0 aliphatic rings. The predicted octanol–water partition coefficient (Wildman–Crippen LogP) is 3.21. The number of nitrogens with one attached hydrogen (secondary N) is 1. The summed E-state index contributed by atoms with van der Waals surface area (Å²) < 4.78 is 28.1. The standard InChI is InChI=1S/C14H8F2N2O2/c15-9-3-4-10(14(19)20)18-13(9)8-2-1-7-5-6-17-12(7)11(8)16/h1-6,17H,(H,19,20). The van der Waals surface area contributed by atoms with Crippen LogP contribution < -0.4 is 0 Å². The van der Waals surface area contributed by atoms with Gasteiger partial charge in [-0.25, -0.2) is 18.6 Å². The third-order valence-corrected chi connectivity index (χ3v) is 2.99. The van der Waals surface area contributed by atoms with Crippen LogP contribution in [0.15, 0.2) is 36.5 Å². The normalized spacial score (nSPS) is 10.9. The lowest BCUT2D eigenvalue weighted by molar-refractivity contribution is 0.0690. The Kier molecular flexibility index (Phi) is 2.71. The summed E-state index contributed by atoms with van der Waals surface area (Å²) in [6.45, 7) is 0. The molecule has 0 saturated carbocycles. The molecule has 0 bridgehead atoms. The van der Waals surface area contributed by atoms with Gasteiger partial charge in [0.25, 0.3) is 0 Å². The molecule has 0 fully saturated rings. The largest absolute Gasteiger partial charge is 0.477 e. The van der Waals surface area contributed by atoms with Crippen LogP contribution >= 0.6 is 0 Å². The van der Waals surface area contributed by atoms with E-state index in [4.69, 9.17) is 5.11 Å². The van der Waals surface area contributed by atoms with Gasteiger partial charge >= 0.3 is 5.97 Å². The Hall–Kier alpha value is -2.76. The van der Waals surface area contributed by atoms with Gasteiger partial charge in [-0.2, -0.15) is 0 Å². The van der Waals surface area contributed by atoms with Gasteiger partial charge in [0.15, 0.2) is 5.82 Å². The van der Waals surface area contributed by atoms with E-state index in [1.54, 1.807) is 18.3 Å². The number of carboxylic acids is 1. The van der Waals surface area contributed by atoms with E-state index in [1.165, 1.54) is 6.07 Å². The molecule has 0 atom stereocenters. The number of fused-ring (bicyclic) bond motifs is 1. The summed E-state index contributed by atoms with van der Waals surface area (Å²) in [5, 5.41) is 9.51. The molecule has 0 spiro atoms. The Morgan fingerprint density at radius 3 is 2.70 bits per heavy atom. The smallest absolute Gasteiger partial charge is 0.354 e. The molecule has 6 heteroatoms. The summed E-state index contributed by atoms with van der Waals surface area (Å²) in [4.78, 5) is 17.2. The highest BCUT2D eigenvalue weighted by Crippen LogP contribution is 2.28. The van der Waals surface area contributed by atoms with Crippen molar-refractivity contribution in [1.29, 1.82) is 0 Å². The fourth-order valence-corrected chi connectivity index (χ4v) is 2.02. The zero-order valence-electron chi connectivity index (χ0n) is 10.0. The van der Waals surface area contributed by atoms with Crippen LogP contribution in [0.4, 0.5) is 8.78 Å². The van der Waals surface area contributed by atoms with Crippen molar-refractivity contribution >= 4 is 16.9 Å². The van der Waals surface area contributed by atoms with Crippen LogP contribution in [-0.2, 0) is 0 Å². The highest BCUT2D eigenvalue weighted by atomic mass is 19.1. The fraction of sp³-hybridized carbons (Fsp3) is 0. The van der Waals surface area contributed by atoms with Gasteiger partial charge in [-0.15, -0.1) is 0 Å². The maximum absolute atomic E-state index is 14.3. The molecule has 0 unspecified atom stereocenters. The first-order valence-corrected chi connectivity index (χ1v) is 5.73. The molecule has 0 amide bonds. The summed E-state index contributed by atoms with van der Waals surface area (Å²) in [7, 11) is 0. The monoisotopic (exact) mass is 274 g/mol. The van der Waals surface area contributed by atoms with Crippen LogP contribution in [0.3, 0.4) is 0 Å². The molecule has 1 aromatic carbocycles. The van der Waals surface area contributed by atoms with Gasteiger partial charge in [-0.3, -0.25) is 0 Å².